The van der Waals surface area contributed by atoms with E-state index < -0.39 is 11.5 Å². The van der Waals surface area contributed by atoms with E-state index in [2.05, 4.69) is 0 Å². The van der Waals surface area contributed by atoms with Gasteiger partial charge in [0.25, 0.3) is 11.5 Å². The molecule has 0 atom stereocenters. The minimum Gasteiger partial charge on any atom is -0.506 e. The third-order valence-electron chi connectivity index (χ3n) is 4.25. The maximum Gasteiger partial charge on any atom is 0.267 e. The normalized spacial score (nSPS) is 10.8. The number of para-hydroxylation sites is 2. The number of nitrogens with zero attached hydrogens (tertiary/aromatic N) is 2. The van der Waals surface area contributed by atoms with Crippen molar-refractivity contribution in [3.63, 3.8) is 0 Å². The van der Waals surface area contributed by atoms with Crippen LogP contribution in [0.3, 0.4) is 0 Å². The van der Waals surface area contributed by atoms with Gasteiger partial charge in [-0.3, -0.25) is 9.59 Å². The summed E-state index contributed by atoms with van der Waals surface area (Å²) in [5.41, 5.74) is 0.622. The molecule has 128 valence electrons. The van der Waals surface area contributed by atoms with Crippen molar-refractivity contribution in [2.24, 2.45) is 0 Å². The highest BCUT2D eigenvalue weighted by atomic mass is 16.3. The third kappa shape index (κ3) is 2.89. The van der Waals surface area contributed by atoms with E-state index in [1.165, 1.54) is 4.90 Å². The van der Waals surface area contributed by atoms with E-state index >= 15 is 0 Å². The lowest BCUT2D eigenvalue weighted by molar-refractivity contribution is 0.0988. The van der Waals surface area contributed by atoms with Gasteiger partial charge in [0.2, 0.25) is 0 Å². The van der Waals surface area contributed by atoms with Gasteiger partial charge in [-0.15, -0.1) is 0 Å². The van der Waals surface area contributed by atoms with Gasteiger partial charge in [0.15, 0.2) is 0 Å². The summed E-state index contributed by atoms with van der Waals surface area (Å²) in [6, 6.07) is 16.1. The van der Waals surface area contributed by atoms with Gasteiger partial charge in [-0.2, -0.15) is 0 Å². The van der Waals surface area contributed by atoms with Crippen molar-refractivity contribution in [2.75, 3.05) is 11.9 Å². The van der Waals surface area contributed by atoms with E-state index in [1.807, 2.05) is 31.2 Å². The summed E-state index contributed by atoms with van der Waals surface area (Å²) >= 11 is 0. The molecule has 0 aliphatic rings. The molecule has 0 aliphatic carbocycles. The Kier molecular flexibility index (Phi) is 4.57. The smallest absolute Gasteiger partial charge is 0.267 e. The van der Waals surface area contributed by atoms with E-state index in [4.69, 9.17) is 0 Å². The zero-order valence-electron chi connectivity index (χ0n) is 14.3. The van der Waals surface area contributed by atoms with Crippen molar-refractivity contribution in [2.45, 2.75) is 19.9 Å². The average molecular weight is 336 g/mol. The van der Waals surface area contributed by atoms with Gasteiger partial charge in [0.05, 0.1) is 5.52 Å². The highest BCUT2D eigenvalue weighted by molar-refractivity contribution is 6.10. The zero-order chi connectivity index (χ0) is 18.0. The number of benzene rings is 2. The van der Waals surface area contributed by atoms with Gasteiger partial charge in [0, 0.05) is 24.7 Å². The Bertz CT molecular complexity index is 977. The van der Waals surface area contributed by atoms with E-state index in [-0.39, 0.29) is 11.3 Å². The molecule has 3 aromatic rings. The summed E-state index contributed by atoms with van der Waals surface area (Å²) in [5, 5.41) is 11.1. The van der Waals surface area contributed by atoms with Gasteiger partial charge < -0.3 is 14.6 Å². The van der Waals surface area contributed by atoms with Crippen LogP contribution in [0.4, 0.5) is 5.69 Å². The fraction of sp³-hybridized carbons (Fsp3) is 0.200. The van der Waals surface area contributed by atoms with E-state index in [0.29, 0.717) is 23.1 Å². The van der Waals surface area contributed by atoms with E-state index in [9.17, 15) is 14.7 Å². The molecule has 0 spiro atoms. The highest BCUT2D eigenvalue weighted by Gasteiger charge is 2.25. The SMILES string of the molecule is CCCn1c(=O)c(C(=O)N(C)c2ccccc2)c(O)c2ccccc21. The Balaban J connectivity index is 2.22. The molecule has 0 radical (unpaired) electrons. The molecule has 1 N–H and O–H groups in total. The molecule has 0 saturated carbocycles. The second kappa shape index (κ2) is 6.81. The molecule has 1 aromatic heterocycles. The first kappa shape index (κ1) is 16.8. The van der Waals surface area contributed by atoms with Crippen molar-refractivity contribution >= 4 is 22.5 Å². The number of aryl methyl sites for hydroxylation is 1. The topological polar surface area (TPSA) is 62.5 Å². The van der Waals surface area contributed by atoms with Crippen LogP contribution in [-0.2, 0) is 6.54 Å². The van der Waals surface area contributed by atoms with Gasteiger partial charge in [-0.1, -0.05) is 37.3 Å². The zero-order valence-corrected chi connectivity index (χ0v) is 14.3. The molecule has 0 saturated heterocycles. The molecule has 1 amide bonds. The standard InChI is InChI=1S/C20H20N2O3/c1-3-13-22-16-12-8-7-11-15(16)18(23)17(20(22)25)19(24)21(2)14-9-5-4-6-10-14/h4-12,23H,3,13H2,1-2H3. The first-order valence-electron chi connectivity index (χ1n) is 8.23. The van der Waals surface area contributed by atoms with Crippen LogP contribution in [0.1, 0.15) is 23.7 Å². The second-order valence-corrected chi connectivity index (χ2v) is 5.90. The third-order valence-corrected chi connectivity index (χ3v) is 4.25. The van der Waals surface area contributed by atoms with Crippen LogP contribution >= 0.6 is 0 Å². The number of aromatic hydroxyl groups is 1. The van der Waals surface area contributed by atoms with Crippen LogP contribution in [0.2, 0.25) is 0 Å². The van der Waals surface area contributed by atoms with Crippen LogP contribution in [0, 0.1) is 0 Å². The average Bonchev–Trinajstić information content (AvgIpc) is 2.65. The first-order chi connectivity index (χ1) is 12.1. The van der Waals surface area contributed by atoms with Crippen LogP contribution in [0.15, 0.2) is 59.4 Å². The second-order valence-electron chi connectivity index (χ2n) is 5.90. The van der Waals surface area contributed by atoms with Crippen LogP contribution in [0.25, 0.3) is 10.9 Å². The summed E-state index contributed by atoms with van der Waals surface area (Å²) in [4.78, 5) is 27.2. The van der Waals surface area contributed by atoms with E-state index in [0.717, 1.165) is 6.42 Å². The maximum absolute atomic E-state index is 12.9. The summed E-state index contributed by atoms with van der Waals surface area (Å²) in [7, 11) is 1.59. The Hall–Kier alpha value is -3.08. The number of carbonyl (C=O) groups excluding carboxylic acids is 1. The fourth-order valence-electron chi connectivity index (χ4n) is 2.96. The van der Waals surface area contributed by atoms with Gasteiger partial charge in [-0.05, 0) is 30.7 Å². The molecule has 0 bridgehead atoms. The Labute approximate surface area is 145 Å². The fourth-order valence-corrected chi connectivity index (χ4v) is 2.96. The number of carbonyl (C=O) groups is 1. The molecule has 0 unspecified atom stereocenters. The Morgan fingerprint density at radius 3 is 2.40 bits per heavy atom. The number of rotatable bonds is 4. The number of pyridine rings is 1. The van der Waals surface area contributed by atoms with Crippen LogP contribution in [-0.4, -0.2) is 22.6 Å². The predicted molar refractivity (Wildman–Crippen MR) is 99.3 cm³/mol. The van der Waals surface area contributed by atoms with Crippen molar-refractivity contribution in [1.29, 1.82) is 0 Å². The number of fused-ring (bicyclic) bond motifs is 1. The summed E-state index contributed by atoms with van der Waals surface area (Å²) < 4.78 is 1.56. The summed E-state index contributed by atoms with van der Waals surface area (Å²) in [6.07, 6.45) is 0.747. The van der Waals surface area contributed by atoms with Crippen LogP contribution < -0.4 is 10.5 Å². The molecular weight excluding hydrogens is 316 g/mol. The van der Waals surface area contributed by atoms with E-state index in [1.54, 1.807) is 41.9 Å². The molecule has 3 rings (SSSR count). The Morgan fingerprint density at radius 2 is 1.72 bits per heavy atom. The molecule has 0 fully saturated rings. The van der Waals surface area contributed by atoms with Crippen LogP contribution in [0.5, 0.6) is 5.75 Å². The molecule has 1 heterocycles. The number of amides is 1. The van der Waals surface area contributed by atoms with Crippen molar-refractivity contribution in [1.82, 2.24) is 4.57 Å². The molecular formula is C20H20N2O3. The quantitative estimate of drug-likeness (QED) is 0.794. The minimum absolute atomic E-state index is 0.196. The number of aromatic nitrogens is 1. The molecule has 2 aromatic carbocycles. The minimum atomic E-state index is -0.524. The molecule has 25 heavy (non-hydrogen) atoms. The lowest BCUT2D eigenvalue weighted by Gasteiger charge is -2.19. The van der Waals surface area contributed by atoms with Gasteiger partial charge in [0.1, 0.15) is 11.3 Å². The van der Waals surface area contributed by atoms with Gasteiger partial charge >= 0.3 is 0 Å². The monoisotopic (exact) mass is 336 g/mol. The maximum atomic E-state index is 12.9. The van der Waals surface area contributed by atoms with Crippen molar-refractivity contribution in [3.05, 3.63) is 70.5 Å². The summed E-state index contributed by atoms with van der Waals surface area (Å²) in [5.74, 6) is -0.787. The van der Waals surface area contributed by atoms with Crippen molar-refractivity contribution in [3.8, 4) is 5.75 Å². The lowest BCUT2D eigenvalue weighted by atomic mass is 10.1. The number of hydrogen-bond donors (Lipinski definition) is 1. The highest BCUT2D eigenvalue weighted by Crippen LogP contribution is 2.28. The largest absolute Gasteiger partial charge is 0.506 e. The Morgan fingerprint density at radius 1 is 1.08 bits per heavy atom. The lowest BCUT2D eigenvalue weighted by Crippen LogP contribution is -2.34. The van der Waals surface area contributed by atoms with Crippen molar-refractivity contribution < 1.29 is 9.90 Å². The first-order valence-corrected chi connectivity index (χ1v) is 8.23. The predicted octanol–water partition coefficient (Wildman–Crippen LogP) is 3.39. The van der Waals surface area contributed by atoms with Gasteiger partial charge in [-0.25, -0.2) is 0 Å². The summed E-state index contributed by atoms with van der Waals surface area (Å²) in [6.45, 7) is 2.45. The molecule has 5 nitrogen and oxygen atoms in total. The molecule has 5 heteroatoms. The number of hydrogen-bond acceptors (Lipinski definition) is 3. The number of anilines is 1. The molecule has 0 aliphatic heterocycles.